The second-order valence-electron chi connectivity index (χ2n) is 7.67. The van der Waals surface area contributed by atoms with E-state index in [0.29, 0.717) is 11.1 Å². The van der Waals surface area contributed by atoms with Gasteiger partial charge in [0.2, 0.25) is 15.9 Å². The van der Waals surface area contributed by atoms with E-state index in [2.05, 4.69) is 5.32 Å². The quantitative estimate of drug-likeness (QED) is 0.579. The molecule has 0 saturated carbocycles. The predicted molar refractivity (Wildman–Crippen MR) is 119 cm³/mol. The van der Waals surface area contributed by atoms with Crippen molar-refractivity contribution in [1.29, 1.82) is 5.26 Å². The minimum atomic E-state index is -3.93. The third-order valence-electron chi connectivity index (χ3n) is 4.61. The normalized spacial score (nSPS) is 12.3. The van der Waals surface area contributed by atoms with Gasteiger partial charge in [-0.25, -0.2) is 8.42 Å². The van der Waals surface area contributed by atoms with Crippen LogP contribution < -0.4 is 5.32 Å². The van der Waals surface area contributed by atoms with E-state index in [1.807, 2.05) is 25.1 Å². The molecule has 1 unspecified atom stereocenters. The van der Waals surface area contributed by atoms with Crippen molar-refractivity contribution in [1.82, 2.24) is 9.62 Å². The molecular formula is C23H27N3O5S. The molecule has 9 heteroatoms. The summed E-state index contributed by atoms with van der Waals surface area (Å²) in [4.78, 5) is 24.8. The molecule has 0 saturated heterocycles. The summed E-state index contributed by atoms with van der Waals surface area (Å²) in [5, 5.41) is 11.6. The fourth-order valence-electron chi connectivity index (χ4n) is 2.94. The van der Waals surface area contributed by atoms with Crippen molar-refractivity contribution in [2.24, 2.45) is 0 Å². The summed E-state index contributed by atoms with van der Waals surface area (Å²) >= 11 is 0. The molecule has 1 atom stereocenters. The number of likely N-dealkylation sites (N-methyl/N-ethyl adjacent to an activating group) is 1. The fraction of sp³-hybridized carbons (Fsp3) is 0.348. The molecule has 2 aromatic rings. The third kappa shape index (κ3) is 6.90. The van der Waals surface area contributed by atoms with Crippen molar-refractivity contribution in [3.05, 3.63) is 65.2 Å². The number of carbonyl (C=O) groups excluding carboxylic acids is 2. The molecule has 170 valence electrons. The van der Waals surface area contributed by atoms with Crippen molar-refractivity contribution in [2.75, 3.05) is 13.6 Å². The molecule has 2 rings (SSSR count). The molecule has 2 aromatic carbocycles. The number of aryl methyl sites for hydroxylation is 1. The van der Waals surface area contributed by atoms with E-state index in [-0.39, 0.29) is 17.4 Å². The van der Waals surface area contributed by atoms with Gasteiger partial charge in [0.1, 0.15) is 0 Å². The number of amides is 1. The van der Waals surface area contributed by atoms with Crippen LogP contribution in [0.25, 0.3) is 0 Å². The summed E-state index contributed by atoms with van der Waals surface area (Å²) in [6, 6.07) is 14.0. The minimum Gasteiger partial charge on any atom is -0.463 e. The van der Waals surface area contributed by atoms with Crippen LogP contribution >= 0.6 is 0 Å². The van der Waals surface area contributed by atoms with Gasteiger partial charge in [0, 0.05) is 7.05 Å². The fourth-order valence-corrected chi connectivity index (χ4v) is 4.06. The number of sulfonamides is 1. The van der Waals surface area contributed by atoms with E-state index in [1.54, 1.807) is 26.0 Å². The first-order chi connectivity index (χ1) is 15.0. The predicted octanol–water partition coefficient (Wildman–Crippen LogP) is 2.69. The first-order valence-electron chi connectivity index (χ1n) is 10.0. The van der Waals surface area contributed by atoms with E-state index >= 15 is 0 Å². The van der Waals surface area contributed by atoms with Crippen molar-refractivity contribution in [2.45, 2.75) is 44.2 Å². The maximum Gasteiger partial charge on any atom is 0.308 e. The molecule has 1 N–H and O–H groups in total. The van der Waals surface area contributed by atoms with Crippen LogP contribution in [0, 0.1) is 18.3 Å². The zero-order valence-corrected chi connectivity index (χ0v) is 19.3. The number of nitriles is 1. The van der Waals surface area contributed by atoms with Crippen LogP contribution in [0.15, 0.2) is 53.4 Å². The van der Waals surface area contributed by atoms with E-state index < -0.39 is 34.5 Å². The zero-order chi connectivity index (χ0) is 23.9. The largest absolute Gasteiger partial charge is 0.463 e. The van der Waals surface area contributed by atoms with Gasteiger partial charge in [-0.05, 0) is 50.6 Å². The van der Waals surface area contributed by atoms with Gasteiger partial charge in [0.05, 0.1) is 41.6 Å². The van der Waals surface area contributed by atoms with Gasteiger partial charge in [-0.15, -0.1) is 0 Å². The summed E-state index contributed by atoms with van der Waals surface area (Å²) in [5.41, 5.74) is 2.07. The maximum absolute atomic E-state index is 12.7. The number of nitrogens with zero attached hydrogens (tertiary/aromatic N) is 2. The Morgan fingerprint density at radius 3 is 2.22 bits per heavy atom. The third-order valence-corrected chi connectivity index (χ3v) is 6.43. The smallest absolute Gasteiger partial charge is 0.308 e. The van der Waals surface area contributed by atoms with Gasteiger partial charge < -0.3 is 10.1 Å². The Bertz CT molecular complexity index is 1090. The summed E-state index contributed by atoms with van der Waals surface area (Å²) < 4.78 is 31.6. The number of benzene rings is 2. The highest BCUT2D eigenvalue weighted by atomic mass is 32.2. The average molecular weight is 458 g/mol. The molecule has 32 heavy (non-hydrogen) atoms. The van der Waals surface area contributed by atoms with E-state index in [9.17, 15) is 18.0 Å². The van der Waals surface area contributed by atoms with Gasteiger partial charge in [0.15, 0.2) is 0 Å². The number of ether oxygens (including phenoxy) is 1. The summed E-state index contributed by atoms with van der Waals surface area (Å²) in [6.07, 6.45) is -0.375. The molecule has 0 aromatic heterocycles. The van der Waals surface area contributed by atoms with Crippen molar-refractivity contribution < 1.29 is 22.7 Å². The molecule has 0 fully saturated rings. The van der Waals surface area contributed by atoms with Gasteiger partial charge in [-0.3, -0.25) is 9.59 Å². The highest BCUT2D eigenvalue weighted by Gasteiger charge is 2.25. The lowest BCUT2D eigenvalue weighted by atomic mass is 10.0. The summed E-state index contributed by atoms with van der Waals surface area (Å²) in [6.45, 7) is 4.96. The topological polar surface area (TPSA) is 117 Å². The van der Waals surface area contributed by atoms with E-state index in [1.165, 1.54) is 31.3 Å². The van der Waals surface area contributed by atoms with Gasteiger partial charge in [-0.1, -0.05) is 29.8 Å². The molecule has 8 nitrogen and oxygen atoms in total. The van der Waals surface area contributed by atoms with E-state index in [4.69, 9.17) is 10.00 Å². The molecular weight excluding hydrogens is 430 g/mol. The molecule has 1 amide bonds. The lowest BCUT2D eigenvalue weighted by Gasteiger charge is -2.22. The number of esters is 1. The van der Waals surface area contributed by atoms with Crippen molar-refractivity contribution in [3.8, 4) is 6.07 Å². The molecule has 0 radical (unpaired) electrons. The number of rotatable bonds is 9. The number of hydrogen-bond donors (Lipinski definition) is 1. The summed E-state index contributed by atoms with van der Waals surface area (Å²) in [5.74, 6) is -1.03. The molecule has 0 spiro atoms. The second kappa shape index (κ2) is 10.9. The Balaban J connectivity index is 2.14. The van der Waals surface area contributed by atoms with E-state index in [0.717, 1.165) is 9.87 Å². The highest BCUT2D eigenvalue weighted by Crippen LogP contribution is 2.20. The Morgan fingerprint density at radius 1 is 1.09 bits per heavy atom. The van der Waals surface area contributed by atoms with Gasteiger partial charge >= 0.3 is 5.97 Å². The Morgan fingerprint density at radius 2 is 1.69 bits per heavy atom. The number of nitrogens with one attached hydrogen (secondary N) is 1. The number of carbonyl (C=O) groups is 2. The van der Waals surface area contributed by atoms with Crippen LogP contribution in [0.4, 0.5) is 0 Å². The molecule has 0 heterocycles. The van der Waals surface area contributed by atoms with Crippen LogP contribution in [-0.2, 0) is 24.3 Å². The standard InChI is InChI=1S/C23H27N3O5S/c1-16(2)31-23(28)13-21(19-9-5-17(3)6-10-19)25-22(27)15-26(4)32(29,30)20-11-7-18(14-24)8-12-20/h5-12,16,21H,13,15H2,1-4H3,(H,25,27). The van der Waals surface area contributed by atoms with Crippen LogP contribution in [0.1, 0.15) is 43.0 Å². The summed E-state index contributed by atoms with van der Waals surface area (Å²) in [7, 11) is -2.64. The Hall–Kier alpha value is -3.22. The van der Waals surface area contributed by atoms with Crippen molar-refractivity contribution in [3.63, 3.8) is 0 Å². The van der Waals surface area contributed by atoms with Crippen LogP contribution in [-0.4, -0.2) is 44.3 Å². The highest BCUT2D eigenvalue weighted by molar-refractivity contribution is 7.89. The van der Waals surface area contributed by atoms with Crippen LogP contribution in [0.3, 0.4) is 0 Å². The first kappa shape index (κ1) is 25.0. The Kier molecular flexibility index (Phi) is 8.52. The second-order valence-corrected chi connectivity index (χ2v) is 9.72. The molecule has 0 aliphatic rings. The van der Waals surface area contributed by atoms with Gasteiger partial charge in [-0.2, -0.15) is 9.57 Å². The molecule has 0 aliphatic heterocycles. The number of hydrogen-bond acceptors (Lipinski definition) is 6. The lowest BCUT2D eigenvalue weighted by Crippen LogP contribution is -2.40. The monoisotopic (exact) mass is 457 g/mol. The SMILES string of the molecule is Cc1ccc(C(CC(=O)OC(C)C)NC(=O)CN(C)S(=O)(=O)c2ccc(C#N)cc2)cc1. The molecule has 0 bridgehead atoms. The lowest BCUT2D eigenvalue weighted by molar-refractivity contribution is -0.148. The maximum atomic E-state index is 12.7. The molecule has 0 aliphatic carbocycles. The van der Waals surface area contributed by atoms with Crippen LogP contribution in [0.5, 0.6) is 0 Å². The van der Waals surface area contributed by atoms with Crippen molar-refractivity contribution >= 4 is 21.9 Å². The van der Waals surface area contributed by atoms with Gasteiger partial charge in [0.25, 0.3) is 0 Å². The first-order valence-corrected chi connectivity index (χ1v) is 11.5. The Labute approximate surface area is 188 Å². The zero-order valence-electron chi connectivity index (χ0n) is 18.5. The average Bonchev–Trinajstić information content (AvgIpc) is 2.73. The minimum absolute atomic E-state index is 0.0256. The van der Waals surface area contributed by atoms with Crippen LogP contribution in [0.2, 0.25) is 0 Å².